The van der Waals surface area contributed by atoms with Crippen LogP contribution in [0.15, 0.2) is 30.3 Å². The molecule has 0 heterocycles. The van der Waals surface area contributed by atoms with Crippen molar-refractivity contribution in [1.82, 2.24) is 16.0 Å². The molecule has 0 saturated heterocycles. The minimum absolute atomic E-state index is 0.0116. The van der Waals surface area contributed by atoms with Crippen molar-refractivity contribution >= 4 is 17.7 Å². The van der Waals surface area contributed by atoms with Gasteiger partial charge in [-0.1, -0.05) is 38.5 Å². The molecule has 0 fully saturated rings. The van der Waals surface area contributed by atoms with Gasteiger partial charge < -0.3 is 16.0 Å². The maximum Gasteiger partial charge on any atom is 0.251 e. The molecule has 2 atom stereocenters. The minimum atomic E-state index is -0.686. The van der Waals surface area contributed by atoms with Gasteiger partial charge in [-0.2, -0.15) is 0 Å². The van der Waals surface area contributed by atoms with Crippen molar-refractivity contribution in [3.8, 4) is 0 Å². The summed E-state index contributed by atoms with van der Waals surface area (Å²) in [4.78, 5) is 36.3. The van der Waals surface area contributed by atoms with E-state index in [2.05, 4.69) is 16.0 Å². The van der Waals surface area contributed by atoms with Crippen molar-refractivity contribution in [2.45, 2.75) is 46.2 Å². The van der Waals surface area contributed by atoms with Crippen LogP contribution in [0.25, 0.3) is 0 Å². The molecule has 3 N–H and O–H groups in total. The Bertz CT molecular complexity index is 558. The Morgan fingerprint density at radius 1 is 1.00 bits per heavy atom. The summed E-state index contributed by atoms with van der Waals surface area (Å²) in [5, 5.41) is 8.07. The van der Waals surface area contributed by atoms with E-state index in [1.807, 2.05) is 33.8 Å². The Kier molecular flexibility index (Phi) is 7.95. The lowest BCUT2D eigenvalue weighted by atomic mass is 9.98. The molecule has 1 rings (SSSR count). The lowest BCUT2D eigenvalue weighted by Gasteiger charge is -2.23. The molecule has 0 aromatic heterocycles. The van der Waals surface area contributed by atoms with Gasteiger partial charge in [0.1, 0.15) is 6.04 Å². The summed E-state index contributed by atoms with van der Waals surface area (Å²) in [7, 11) is 0. The Hall–Kier alpha value is -2.37. The van der Waals surface area contributed by atoms with Gasteiger partial charge in [0.25, 0.3) is 5.91 Å². The zero-order valence-electron chi connectivity index (χ0n) is 14.8. The van der Waals surface area contributed by atoms with Gasteiger partial charge in [0, 0.05) is 11.6 Å². The van der Waals surface area contributed by atoms with E-state index in [9.17, 15) is 14.4 Å². The molecule has 0 saturated carbocycles. The van der Waals surface area contributed by atoms with Crippen molar-refractivity contribution in [3.63, 3.8) is 0 Å². The van der Waals surface area contributed by atoms with Gasteiger partial charge in [-0.25, -0.2) is 0 Å². The van der Waals surface area contributed by atoms with Gasteiger partial charge >= 0.3 is 0 Å². The summed E-state index contributed by atoms with van der Waals surface area (Å²) in [5.74, 6) is -0.961. The molecule has 0 bridgehead atoms. The number of carbonyl (C=O) groups excluding carboxylic acids is 3. The average molecular weight is 333 g/mol. The Labute approximate surface area is 143 Å². The molecular weight excluding hydrogens is 306 g/mol. The van der Waals surface area contributed by atoms with Crippen LogP contribution in [0.4, 0.5) is 0 Å². The number of amides is 3. The quantitative estimate of drug-likeness (QED) is 0.673. The van der Waals surface area contributed by atoms with Crippen LogP contribution in [0.1, 0.15) is 44.5 Å². The zero-order chi connectivity index (χ0) is 18.1. The molecule has 6 nitrogen and oxygen atoms in total. The molecule has 6 heteroatoms. The van der Waals surface area contributed by atoms with Crippen LogP contribution in [-0.4, -0.2) is 36.3 Å². The minimum Gasteiger partial charge on any atom is -0.352 e. The third-order valence-corrected chi connectivity index (χ3v) is 3.69. The van der Waals surface area contributed by atoms with Crippen LogP contribution in [0.2, 0.25) is 0 Å². The molecular formula is C18H27N3O3. The maximum absolute atomic E-state index is 12.4. The van der Waals surface area contributed by atoms with Crippen LogP contribution < -0.4 is 16.0 Å². The van der Waals surface area contributed by atoms with Crippen LogP contribution in [0, 0.1) is 5.92 Å². The topological polar surface area (TPSA) is 87.3 Å². The lowest BCUT2D eigenvalue weighted by Crippen LogP contribution is -2.52. The van der Waals surface area contributed by atoms with Crippen molar-refractivity contribution in [3.05, 3.63) is 35.9 Å². The fraction of sp³-hybridized carbons (Fsp3) is 0.500. The van der Waals surface area contributed by atoms with E-state index in [4.69, 9.17) is 0 Å². The van der Waals surface area contributed by atoms with E-state index in [-0.39, 0.29) is 36.2 Å². The fourth-order valence-electron chi connectivity index (χ4n) is 2.17. The molecule has 0 aliphatic carbocycles. The highest BCUT2D eigenvalue weighted by atomic mass is 16.2. The maximum atomic E-state index is 12.4. The Morgan fingerprint density at radius 3 is 2.17 bits per heavy atom. The SMILES string of the molecule is CC[C@H](C)[C@H](NC(=O)c1ccccc1)C(=O)NCC(=O)NC(C)C. The van der Waals surface area contributed by atoms with Crippen molar-refractivity contribution in [2.24, 2.45) is 5.92 Å². The van der Waals surface area contributed by atoms with Gasteiger partial charge in [0.2, 0.25) is 11.8 Å². The Morgan fingerprint density at radius 2 is 1.62 bits per heavy atom. The second kappa shape index (κ2) is 9.70. The number of carbonyl (C=O) groups is 3. The molecule has 1 aromatic rings. The molecule has 132 valence electrons. The van der Waals surface area contributed by atoms with E-state index >= 15 is 0 Å². The van der Waals surface area contributed by atoms with Gasteiger partial charge in [-0.15, -0.1) is 0 Å². The van der Waals surface area contributed by atoms with E-state index in [0.29, 0.717) is 5.56 Å². The van der Waals surface area contributed by atoms with E-state index < -0.39 is 6.04 Å². The number of nitrogens with one attached hydrogen (secondary N) is 3. The van der Waals surface area contributed by atoms with Gasteiger partial charge in [-0.3, -0.25) is 14.4 Å². The number of benzene rings is 1. The lowest BCUT2D eigenvalue weighted by molar-refractivity contribution is -0.128. The largest absolute Gasteiger partial charge is 0.352 e. The van der Waals surface area contributed by atoms with Crippen LogP contribution in [-0.2, 0) is 9.59 Å². The van der Waals surface area contributed by atoms with Gasteiger partial charge in [-0.05, 0) is 31.9 Å². The van der Waals surface area contributed by atoms with E-state index in [1.165, 1.54) is 0 Å². The standard InChI is InChI=1S/C18H27N3O3/c1-5-13(4)16(18(24)19-11-15(22)20-12(2)3)21-17(23)14-9-7-6-8-10-14/h6-10,12-13,16H,5,11H2,1-4H3,(H,19,24)(H,20,22)(H,21,23)/t13-,16-/m0/s1. The number of hydrogen-bond acceptors (Lipinski definition) is 3. The predicted molar refractivity (Wildman–Crippen MR) is 93.4 cm³/mol. The number of rotatable bonds is 8. The third-order valence-electron chi connectivity index (χ3n) is 3.69. The van der Waals surface area contributed by atoms with Gasteiger partial charge in [0.15, 0.2) is 0 Å². The molecule has 0 radical (unpaired) electrons. The summed E-state index contributed by atoms with van der Waals surface area (Å²) < 4.78 is 0. The first kappa shape index (κ1) is 19.7. The summed E-state index contributed by atoms with van der Waals surface area (Å²) in [6.45, 7) is 7.43. The summed E-state index contributed by atoms with van der Waals surface area (Å²) in [6.07, 6.45) is 0.728. The van der Waals surface area contributed by atoms with E-state index in [0.717, 1.165) is 6.42 Å². The zero-order valence-corrected chi connectivity index (χ0v) is 14.8. The molecule has 0 aliphatic heterocycles. The first-order valence-electron chi connectivity index (χ1n) is 8.28. The summed E-state index contributed by atoms with van der Waals surface area (Å²) >= 11 is 0. The molecule has 24 heavy (non-hydrogen) atoms. The monoisotopic (exact) mass is 333 g/mol. The molecule has 3 amide bonds. The highest BCUT2D eigenvalue weighted by Crippen LogP contribution is 2.09. The van der Waals surface area contributed by atoms with Crippen LogP contribution in [0.3, 0.4) is 0 Å². The molecule has 1 aromatic carbocycles. The highest BCUT2D eigenvalue weighted by molar-refractivity contribution is 5.98. The summed E-state index contributed by atoms with van der Waals surface area (Å²) in [5.41, 5.74) is 0.496. The highest BCUT2D eigenvalue weighted by Gasteiger charge is 2.26. The number of hydrogen-bond donors (Lipinski definition) is 3. The second-order valence-corrected chi connectivity index (χ2v) is 6.14. The predicted octanol–water partition coefficient (Wildman–Crippen LogP) is 1.47. The molecule has 0 aliphatic rings. The molecule has 0 spiro atoms. The average Bonchev–Trinajstić information content (AvgIpc) is 2.56. The normalized spacial score (nSPS) is 13.0. The Balaban J connectivity index is 2.69. The van der Waals surface area contributed by atoms with E-state index in [1.54, 1.807) is 24.3 Å². The first-order chi connectivity index (χ1) is 11.3. The second-order valence-electron chi connectivity index (χ2n) is 6.14. The fourth-order valence-corrected chi connectivity index (χ4v) is 2.17. The molecule has 0 unspecified atom stereocenters. The third kappa shape index (κ3) is 6.40. The van der Waals surface area contributed by atoms with Crippen LogP contribution in [0.5, 0.6) is 0 Å². The van der Waals surface area contributed by atoms with Crippen molar-refractivity contribution < 1.29 is 14.4 Å². The summed E-state index contributed by atoms with van der Waals surface area (Å²) in [6, 6.07) is 8.07. The van der Waals surface area contributed by atoms with Crippen molar-refractivity contribution in [2.75, 3.05) is 6.54 Å². The van der Waals surface area contributed by atoms with Crippen molar-refractivity contribution in [1.29, 1.82) is 0 Å². The van der Waals surface area contributed by atoms with Gasteiger partial charge in [0.05, 0.1) is 6.54 Å². The first-order valence-corrected chi connectivity index (χ1v) is 8.28. The van der Waals surface area contributed by atoms with Crippen LogP contribution >= 0.6 is 0 Å². The smallest absolute Gasteiger partial charge is 0.251 e.